The molecule has 1 aliphatic rings. The fourth-order valence-corrected chi connectivity index (χ4v) is 6.48. The summed E-state index contributed by atoms with van der Waals surface area (Å²) in [6, 6.07) is 41.1. The van der Waals surface area contributed by atoms with Crippen LogP contribution in [-0.4, -0.2) is 20.1 Å². The molecule has 1 aliphatic heterocycles. The Bertz CT molecular complexity index is 2050. The number of nitrogens with zero attached hydrogens (tertiary/aromatic N) is 5. The van der Waals surface area contributed by atoms with Crippen LogP contribution in [0.2, 0.25) is 0 Å². The molecule has 0 fully saturated rings. The van der Waals surface area contributed by atoms with E-state index < -0.39 is 0 Å². The Labute approximate surface area is 233 Å². The number of benzene rings is 5. The van der Waals surface area contributed by atoms with Crippen LogP contribution in [0.3, 0.4) is 0 Å². The van der Waals surface area contributed by atoms with E-state index in [0.29, 0.717) is 0 Å². The maximum atomic E-state index is 5.21. The molecule has 0 saturated heterocycles. The third-order valence-corrected chi connectivity index (χ3v) is 8.31. The number of hydrogen-bond donors (Lipinski definition) is 0. The van der Waals surface area contributed by atoms with Gasteiger partial charge in [0.15, 0.2) is 0 Å². The molecule has 0 radical (unpaired) electrons. The molecule has 2 aromatic heterocycles. The monoisotopic (exact) mass is 519 g/mol. The van der Waals surface area contributed by atoms with E-state index >= 15 is 0 Å². The summed E-state index contributed by atoms with van der Waals surface area (Å²) in [6.45, 7) is 6.63. The van der Waals surface area contributed by atoms with Crippen LogP contribution in [0.15, 0.2) is 115 Å². The Morgan fingerprint density at radius 3 is 1.93 bits per heavy atom. The van der Waals surface area contributed by atoms with Crippen molar-refractivity contribution in [3.05, 3.63) is 126 Å². The molecule has 5 aromatic carbocycles. The third-order valence-electron chi connectivity index (χ3n) is 8.31. The second-order valence-electron chi connectivity index (χ2n) is 10.7. The molecule has 0 bridgehead atoms. The van der Waals surface area contributed by atoms with Gasteiger partial charge in [-0.25, -0.2) is 4.98 Å². The largest absolute Gasteiger partial charge is 0.318 e. The molecule has 8 rings (SSSR count). The molecular weight excluding hydrogens is 490 g/mol. The highest BCUT2D eigenvalue weighted by atomic mass is 15.4. The fourth-order valence-electron chi connectivity index (χ4n) is 6.48. The van der Waals surface area contributed by atoms with Gasteiger partial charge in [-0.1, -0.05) is 66.7 Å². The van der Waals surface area contributed by atoms with Crippen molar-refractivity contribution >= 4 is 50.6 Å². The topological polar surface area (TPSA) is 28.7 Å². The fraction of sp³-hybridized carbons (Fsp3) is 0.114. The molecule has 5 heteroatoms. The van der Waals surface area contributed by atoms with Crippen molar-refractivity contribution in [3.8, 4) is 5.69 Å². The first-order valence-corrected chi connectivity index (χ1v) is 13.8. The number of para-hydroxylation sites is 4. The van der Waals surface area contributed by atoms with Crippen molar-refractivity contribution in [3.63, 3.8) is 0 Å². The van der Waals surface area contributed by atoms with Gasteiger partial charge >= 0.3 is 0 Å². The maximum Gasteiger partial charge on any atom is 0.220 e. The average Bonchev–Trinajstić information content (AvgIpc) is 3.60. The van der Waals surface area contributed by atoms with Crippen LogP contribution >= 0.6 is 0 Å². The molecule has 0 spiro atoms. The van der Waals surface area contributed by atoms with Crippen molar-refractivity contribution in [1.82, 2.24) is 14.0 Å². The number of aromatic nitrogens is 3. The molecular formula is C35H29N5. The molecule has 40 heavy (non-hydrogen) atoms. The standard InChI is InChI=1S/C35H29N5/c1-23-13-10-11-19-28(23)38-25(3)37(26-15-6-4-7-16-26)30-21-32-33(22-31(30)38)40-29-20-12-14-24(2)34(29)36-35(40)39(32)27-17-8-5-9-18-27/h4-22,25H,1-3H3/t25-/m0/s1. The Balaban J connectivity index is 1.51. The maximum absolute atomic E-state index is 5.21. The molecule has 0 aliphatic carbocycles. The van der Waals surface area contributed by atoms with Gasteiger partial charge < -0.3 is 9.80 Å². The highest BCUT2D eigenvalue weighted by molar-refractivity contribution is 6.01. The second-order valence-corrected chi connectivity index (χ2v) is 10.7. The summed E-state index contributed by atoms with van der Waals surface area (Å²) >= 11 is 0. The number of aryl methyl sites for hydroxylation is 2. The Morgan fingerprint density at radius 1 is 0.550 bits per heavy atom. The van der Waals surface area contributed by atoms with Crippen LogP contribution in [-0.2, 0) is 0 Å². The van der Waals surface area contributed by atoms with Crippen LogP contribution in [0.1, 0.15) is 18.1 Å². The lowest BCUT2D eigenvalue weighted by molar-refractivity contribution is 0.759. The zero-order valence-corrected chi connectivity index (χ0v) is 22.8. The van der Waals surface area contributed by atoms with E-state index in [2.05, 4.69) is 155 Å². The lowest BCUT2D eigenvalue weighted by Crippen LogP contribution is -2.35. The summed E-state index contributed by atoms with van der Waals surface area (Å²) in [5, 5.41) is 0. The highest BCUT2D eigenvalue weighted by Crippen LogP contribution is 2.50. The molecule has 0 amide bonds. The molecule has 0 unspecified atom stereocenters. The summed E-state index contributed by atoms with van der Waals surface area (Å²) < 4.78 is 4.64. The van der Waals surface area contributed by atoms with Gasteiger partial charge in [0.1, 0.15) is 6.17 Å². The second kappa shape index (κ2) is 8.48. The van der Waals surface area contributed by atoms with E-state index in [0.717, 1.165) is 33.5 Å². The van der Waals surface area contributed by atoms with Crippen LogP contribution in [0.4, 0.5) is 22.7 Å². The van der Waals surface area contributed by atoms with E-state index in [9.17, 15) is 0 Å². The van der Waals surface area contributed by atoms with Gasteiger partial charge in [0.05, 0.1) is 33.4 Å². The van der Waals surface area contributed by atoms with Crippen molar-refractivity contribution in [1.29, 1.82) is 0 Å². The predicted molar refractivity (Wildman–Crippen MR) is 166 cm³/mol. The molecule has 1 atom stereocenters. The van der Waals surface area contributed by atoms with E-state index in [1.54, 1.807) is 0 Å². The van der Waals surface area contributed by atoms with Crippen LogP contribution < -0.4 is 9.80 Å². The van der Waals surface area contributed by atoms with Crippen molar-refractivity contribution in [2.24, 2.45) is 0 Å². The number of fused-ring (bicyclic) bond motifs is 6. The van der Waals surface area contributed by atoms with Gasteiger partial charge in [0.2, 0.25) is 5.78 Å². The minimum absolute atomic E-state index is 0.0902. The van der Waals surface area contributed by atoms with Gasteiger partial charge in [0, 0.05) is 17.1 Å². The predicted octanol–water partition coefficient (Wildman–Crippen LogP) is 8.68. The molecule has 7 aromatic rings. The van der Waals surface area contributed by atoms with E-state index in [1.807, 2.05) is 0 Å². The number of imidazole rings is 2. The van der Waals surface area contributed by atoms with Crippen LogP contribution in [0.25, 0.3) is 33.5 Å². The zero-order valence-electron chi connectivity index (χ0n) is 22.8. The van der Waals surface area contributed by atoms with Gasteiger partial charge in [0.25, 0.3) is 0 Å². The summed E-state index contributed by atoms with van der Waals surface area (Å²) in [5.74, 6) is 0.927. The van der Waals surface area contributed by atoms with Gasteiger partial charge in [-0.2, -0.15) is 0 Å². The van der Waals surface area contributed by atoms with Crippen molar-refractivity contribution in [2.75, 3.05) is 9.80 Å². The smallest absolute Gasteiger partial charge is 0.220 e. The number of rotatable bonds is 3. The van der Waals surface area contributed by atoms with Crippen LogP contribution in [0, 0.1) is 13.8 Å². The quantitative estimate of drug-likeness (QED) is 0.234. The average molecular weight is 520 g/mol. The molecule has 5 nitrogen and oxygen atoms in total. The first kappa shape index (κ1) is 22.9. The van der Waals surface area contributed by atoms with Crippen molar-refractivity contribution in [2.45, 2.75) is 26.9 Å². The first-order valence-electron chi connectivity index (χ1n) is 13.8. The minimum atomic E-state index is 0.0902. The lowest BCUT2D eigenvalue weighted by atomic mass is 10.1. The summed E-state index contributed by atoms with van der Waals surface area (Å²) in [7, 11) is 0. The summed E-state index contributed by atoms with van der Waals surface area (Å²) in [6.07, 6.45) is 0.0902. The van der Waals surface area contributed by atoms with Crippen molar-refractivity contribution < 1.29 is 0 Å². The Morgan fingerprint density at radius 2 is 1.18 bits per heavy atom. The normalized spacial score (nSPS) is 15.0. The third kappa shape index (κ3) is 3.12. The molecule has 0 saturated carbocycles. The zero-order chi connectivity index (χ0) is 27.0. The molecule has 194 valence electrons. The van der Waals surface area contributed by atoms with Crippen LogP contribution in [0.5, 0.6) is 0 Å². The SMILES string of the molecule is Cc1ccccc1N1c2cc3c(cc2N(c2ccccc2)[C@@H]1C)n(-c1ccccc1)c1nc2c(C)cccc2n31. The number of hydrogen-bond acceptors (Lipinski definition) is 3. The Hall–Kier alpha value is -5.03. The van der Waals surface area contributed by atoms with E-state index in [1.165, 1.54) is 33.9 Å². The highest BCUT2D eigenvalue weighted by Gasteiger charge is 2.37. The Kier molecular flexibility index (Phi) is 4.86. The summed E-state index contributed by atoms with van der Waals surface area (Å²) in [4.78, 5) is 10.1. The van der Waals surface area contributed by atoms with Gasteiger partial charge in [-0.05, 0) is 80.4 Å². The van der Waals surface area contributed by atoms with E-state index in [-0.39, 0.29) is 6.17 Å². The molecule has 0 N–H and O–H groups in total. The summed E-state index contributed by atoms with van der Waals surface area (Å²) in [5.41, 5.74) is 12.8. The van der Waals surface area contributed by atoms with Gasteiger partial charge in [-0.3, -0.25) is 8.97 Å². The van der Waals surface area contributed by atoms with Gasteiger partial charge in [-0.15, -0.1) is 0 Å². The number of anilines is 4. The molecule has 3 heterocycles. The van der Waals surface area contributed by atoms with E-state index in [4.69, 9.17) is 4.98 Å². The first-order chi connectivity index (χ1) is 19.6. The lowest BCUT2D eigenvalue weighted by Gasteiger charge is -2.31. The minimum Gasteiger partial charge on any atom is -0.318 e.